The van der Waals surface area contributed by atoms with E-state index in [9.17, 15) is 4.79 Å². The summed E-state index contributed by atoms with van der Waals surface area (Å²) in [6.07, 6.45) is 5.29. The molecule has 1 saturated carbocycles. The molecule has 1 aliphatic heterocycles. The molecule has 1 amide bonds. The van der Waals surface area contributed by atoms with Crippen molar-refractivity contribution in [3.8, 4) is 0 Å². The van der Waals surface area contributed by atoms with Crippen LogP contribution < -0.4 is 10.6 Å². The van der Waals surface area contributed by atoms with Gasteiger partial charge in [0.1, 0.15) is 0 Å². The van der Waals surface area contributed by atoms with E-state index in [1.54, 1.807) is 0 Å². The molecule has 2 atom stereocenters. The minimum Gasteiger partial charge on any atom is -0.351 e. The number of amides is 1. The average Bonchev–Trinajstić information content (AvgIpc) is 2.42. The zero-order valence-electron chi connectivity index (χ0n) is 12.9. The molecule has 2 unspecified atom stereocenters. The van der Waals surface area contributed by atoms with Gasteiger partial charge in [0.15, 0.2) is 0 Å². The molecule has 3 rings (SSSR count). The second-order valence-electron chi connectivity index (χ2n) is 6.41. The summed E-state index contributed by atoms with van der Waals surface area (Å²) in [6.45, 7) is 3.22. The summed E-state index contributed by atoms with van der Waals surface area (Å²) in [6, 6.07) is 8.88. The number of halogens is 2. The van der Waals surface area contributed by atoms with Gasteiger partial charge in [-0.15, -0.1) is 12.4 Å². The number of carbonyl (C=O) groups is 1. The third-order valence-corrected chi connectivity index (χ3v) is 5.65. The molecule has 1 aromatic rings. The zero-order chi connectivity index (χ0) is 14.9. The molecule has 2 N–H and O–H groups in total. The van der Waals surface area contributed by atoms with E-state index < -0.39 is 0 Å². The van der Waals surface area contributed by atoms with Gasteiger partial charge >= 0.3 is 0 Å². The molecule has 1 aliphatic carbocycles. The fraction of sp³-hybridized carbons (Fsp3) is 0.588. The summed E-state index contributed by atoms with van der Waals surface area (Å²) in [5.41, 5.74) is 0.864. The molecule has 122 valence electrons. The highest BCUT2D eigenvalue weighted by Crippen LogP contribution is 2.44. The first-order valence-electron chi connectivity index (χ1n) is 7.92. The number of carbonyl (C=O) groups excluding carboxylic acids is 1. The van der Waals surface area contributed by atoms with E-state index >= 15 is 0 Å². The van der Waals surface area contributed by atoms with E-state index in [2.05, 4.69) is 45.6 Å². The first kappa shape index (κ1) is 17.8. The smallest absolute Gasteiger partial charge is 0.230 e. The van der Waals surface area contributed by atoms with E-state index in [1.807, 2.05) is 12.1 Å². The van der Waals surface area contributed by atoms with E-state index in [0.717, 1.165) is 48.7 Å². The van der Waals surface area contributed by atoms with Crippen LogP contribution in [0.4, 0.5) is 0 Å². The minimum absolute atomic E-state index is 0. The molecule has 0 radical (unpaired) electrons. The molecule has 2 aliphatic rings. The Hall–Kier alpha value is -0.580. The molecule has 3 nitrogen and oxygen atoms in total. The van der Waals surface area contributed by atoms with Gasteiger partial charge in [-0.3, -0.25) is 4.79 Å². The Morgan fingerprint density at radius 1 is 1.27 bits per heavy atom. The van der Waals surface area contributed by atoms with Crippen molar-refractivity contribution in [1.82, 2.24) is 10.6 Å². The zero-order valence-corrected chi connectivity index (χ0v) is 15.3. The van der Waals surface area contributed by atoms with Crippen LogP contribution in [0.2, 0.25) is 0 Å². The second kappa shape index (κ2) is 7.33. The largest absolute Gasteiger partial charge is 0.351 e. The fourth-order valence-electron chi connectivity index (χ4n) is 3.49. The number of hydrogen-bond donors (Lipinski definition) is 2. The van der Waals surface area contributed by atoms with Gasteiger partial charge in [0, 0.05) is 16.6 Å². The summed E-state index contributed by atoms with van der Waals surface area (Å²) in [7, 11) is 0. The maximum Gasteiger partial charge on any atom is 0.230 e. The number of hydrogen-bond acceptors (Lipinski definition) is 2. The lowest BCUT2D eigenvalue weighted by Crippen LogP contribution is -2.58. The van der Waals surface area contributed by atoms with Crippen LogP contribution in [0.5, 0.6) is 0 Å². The Balaban J connectivity index is 0.00000176. The third-order valence-electron chi connectivity index (χ3n) is 5.12. The van der Waals surface area contributed by atoms with Crippen LogP contribution >= 0.6 is 28.3 Å². The van der Waals surface area contributed by atoms with Crippen LogP contribution in [-0.4, -0.2) is 24.5 Å². The predicted octanol–water partition coefficient (Wildman–Crippen LogP) is 3.55. The molecule has 1 saturated heterocycles. The molecule has 0 bridgehead atoms. The molecule has 22 heavy (non-hydrogen) atoms. The van der Waals surface area contributed by atoms with Gasteiger partial charge in [0.05, 0.1) is 5.41 Å². The van der Waals surface area contributed by atoms with Gasteiger partial charge in [0.2, 0.25) is 5.91 Å². The van der Waals surface area contributed by atoms with E-state index in [1.165, 1.54) is 0 Å². The Kier molecular flexibility index (Phi) is 5.92. The van der Waals surface area contributed by atoms with Gasteiger partial charge in [0.25, 0.3) is 0 Å². The summed E-state index contributed by atoms with van der Waals surface area (Å²) < 4.78 is 1.06. The highest BCUT2D eigenvalue weighted by Gasteiger charge is 2.46. The van der Waals surface area contributed by atoms with Crippen LogP contribution in [0.15, 0.2) is 28.7 Å². The molecule has 1 aromatic carbocycles. The number of rotatable bonds is 3. The van der Waals surface area contributed by atoms with E-state index in [0.29, 0.717) is 6.04 Å². The van der Waals surface area contributed by atoms with Crippen molar-refractivity contribution in [2.45, 2.75) is 56.5 Å². The molecule has 1 heterocycles. The predicted molar refractivity (Wildman–Crippen MR) is 95.5 cm³/mol. The fourth-order valence-corrected chi connectivity index (χ4v) is 3.76. The highest BCUT2D eigenvalue weighted by atomic mass is 79.9. The lowest BCUT2D eigenvalue weighted by Gasteiger charge is -2.43. The number of piperidine rings is 1. The normalized spacial score (nSPS) is 26.5. The minimum atomic E-state index is -0.294. The van der Waals surface area contributed by atoms with Crippen molar-refractivity contribution in [3.05, 3.63) is 34.3 Å². The number of benzene rings is 1. The third kappa shape index (κ3) is 3.34. The Labute approximate surface area is 147 Å². The maximum absolute atomic E-state index is 12.9. The van der Waals surface area contributed by atoms with Gasteiger partial charge in [-0.05, 0) is 56.8 Å². The van der Waals surface area contributed by atoms with Gasteiger partial charge < -0.3 is 10.6 Å². The van der Waals surface area contributed by atoms with Crippen LogP contribution in [0.3, 0.4) is 0 Å². The van der Waals surface area contributed by atoms with Crippen molar-refractivity contribution in [2.24, 2.45) is 0 Å². The maximum atomic E-state index is 12.9. The number of nitrogens with one attached hydrogen (secondary N) is 2. The van der Waals surface area contributed by atoms with Gasteiger partial charge in [-0.1, -0.05) is 34.5 Å². The molecule has 0 aromatic heterocycles. The van der Waals surface area contributed by atoms with Crippen molar-refractivity contribution in [3.63, 3.8) is 0 Å². The van der Waals surface area contributed by atoms with Crippen LogP contribution in [0.1, 0.15) is 44.6 Å². The van der Waals surface area contributed by atoms with E-state index in [-0.39, 0.29) is 29.8 Å². The van der Waals surface area contributed by atoms with Crippen LogP contribution in [-0.2, 0) is 10.2 Å². The van der Waals surface area contributed by atoms with Crippen LogP contribution in [0, 0.1) is 0 Å². The lowest BCUT2D eigenvalue weighted by atomic mass is 9.63. The van der Waals surface area contributed by atoms with Gasteiger partial charge in [-0.25, -0.2) is 0 Å². The summed E-state index contributed by atoms with van der Waals surface area (Å²) >= 11 is 3.47. The van der Waals surface area contributed by atoms with Crippen molar-refractivity contribution in [2.75, 3.05) is 6.54 Å². The lowest BCUT2D eigenvalue weighted by molar-refractivity contribution is -0.131. The van der Waals surface area contributed by atoms with Crippen molar-refractivity contribution in [1.29, 1.82) is 0 Å². The molecule has 5 heteroatoms. The summed E-state index contributed by atoms with van der Waals surface area (Å²) in [5, 5.41) is 6.76. The molecular formula is C17H24BrClN2O. The quantitative estimate of drug-likeness (QED) is 0.833. The summed E-state index contributed by atoms with van der Waals surface area (Å²) in [5.74, 6) is 0.219. The second-order valence-corrected chi connectivity index (χ2v) is 7.32. The monoisotopic (exact) mass is 386 g/mol. The molecule has 2 fully saturated rings. The Bertz CT molecular complexity index is 516. The van der Waals surface area contributed by atoms with Crippen LogP contribution in [0.25, 0.3) is 0 Å². The first-order valence-corrected chi connectivity index (χ1v) is 8.71. The van der Waals surface area contributed by atoms with Gasteiger partial charge in [-0.2, -0.15) is 0 Å². The van der Waals surface area contributed by atoms with E-state index in [4.69, 9.17) is 0 Å². The highest BCUT2D eigenvalue weighted by molar-refractivity contribution is 9.10. The SMILES string of the molecule is CC1NCCCC1NC(=O)C1(c2ccc(Br)cc2)CCC1.Cl. The first-order chi connectivity index (χ1) is 10.1. The Morgan fingerprint density at radius 3 is 2.50 bits per heavy atom. The Morgan fingerprint density at radius 2 is 1.95 bits per heavy atom. The summed E-state index contributed by atoms with van der Waals surface area (Å²) in [4.78, 5) is 12.9. The van der Waals surface area contributed by atoms with Crippen molar-refractivity contribution < 1.29 is 4.79 Å². The molecule has 0 spiro atoms. The standard InChI is InChI=1S/C17H23BrN2O.ClH/c1-12-15(4-2-11-19-12)20-16(21)17(9-3-10-17)13-5-7-14(18)8-6-13;/h5-8,12,15,19H,2-4,9-11H2,1H3,(H,20,21);1H. The topological polar surface area (TPSA) is 41.1 Å². The van der Waals surface area contributed by atoms with Crippen molar-refractivity contribution >= 4 is 34.2 Å². The molecular weight excluding hydrogens is 364 g/mol. The average molecular weight is 388 g/mol.